The highest BCUT2D eigenvalue weighted by Crippen LogP contribution is 2.30. The lowest BCUT2D eigenvalue weighted by Gasteiger charge is -2.38. The SMILES string of the molecule is CCCC[C@H]1C(=O)N(C)[C@@H](CCCC)C(=O)N[C@@H](CCC(=O)O)C(=O)N[C@H](C(N)=O)CNCC(=O)N[C@@H](Cc2ccc(F)cc2)C(=O)N2CCCC[C@H]2C(=O)N[C@@H](CC(N)=O)C(=O)N2CCCC2C(=O)N[C@@H](CCC(N)=O)C(=O)N[C@@H](CCC(=O)O)C(=O)N2C[C@H](O)C[C@H]2C(=O)N[C@@H](Cc2c[nH]c3ccccc23)C(=O)N[C@@H](CC(N)=O)C(=O)N[C@@H](Cc2cn(CC(=O)O)c3ccccc23)C(=O)N1C. The number of H-pyrrole nitrogens is 1. The number of piperidine rings is 1. The molecule has 0 radical (unpaired) electrons. The van der Waals surface area contributed by atoms with Crippen LogP contribution in [0.1, 0.15) is 159 Å². The summed E-state index contributed by atoms with van der Waals surface area (Å²) in [5.74, 6) is -24.9. The number of carboxylic acids is 3. The summed E-state index contributed by atoms with van der Waals surface area (Å²) in [4.78, 5) is 308. The number of likely N-dealkylation sites (N-methyl/N-ethyl adjacent to an activating group) is 2. The molecule has 4 aliphatic heterocycles. The van der Waals surface area contributed by atoms with Crippen molar-refractivity contribution in [1.29, 1.82) is 0 Å². The summed E-state index contributed by atoms with van der Waals surface area (Å²) in [6.07, 6.45) is -5.48. The fourth-order valence-electron chi connectivity index (χ4n) is 17.6. The first-order valence-corrected chi connectivity index (χ1v) is 45.8. The summed E-state index contributed by atoms with van der Waals surface area (Å²) in [5, 5.41) is 67.7. The van der Waals surface area contributed by atoms with Gasteiger partial charge in [0.15, 0.2) is 0 Å². The van der Waals surface area contributed by atoms with Crippen LogP contribution in [0, 0.1) is 5.82 Å². The molecule has 0 aliphatic carbocycles. The number of nitrogens with two attached hydrogens (primary N) is 4. The lowest BCUT2D eigenvalue weighted by atomic mass is 9.97. The molecule has 4 saturated heterocycles. The Morgan fingerprint density at radius 2 is 0.942 bits per heavy atom. The van der Waals surface area contributed by atoms with E-state index in [1.807, 2.05) is 0 Å². The smallest absolute Gasteiger partial charge is 0.323 e. The second-order valence-corrected chi connectivity index (χ2v) is 35.0. The van der Waals surface area contributed by atoms with E-state index in [0.29, 0.717) is 46.6 Å². The van der Waals surface area contributed by atoms with Gasteiger partial charge in [0.2, 0.25) is 106 Å². The maximum Gasteiger partial charge on any atom is 0.323 e. The molecular formula is C91H122FN21O25. The van der Waals surface area contributed by atoms with Crippen LogP contribution in [0.5, 0.6) is 0 Å². The number of hydrogen-bond donors (Lipinski definition) is 19. The highest BCUT2D eigenvalue weighted by atomic mass is 19.1. The van der Waals surface area contributed by atoms with E-state index in [0.717, 1.165) is 36.6 Å². The molecule has 2 aromatic heterocycles. The Hall–Kier alpha value is -14.5. The lowest BCUT2D eigenvalue weighted by molar-refractivity contribution is -0.149. The molecule has 46 nitrogen and oxygen atoms in total. The molecule has 15 atom stereocenters. The number of nitrogens with one attached hydrogen (secondary N) is 11. The van der Waals surface area contributed by atoms with Crippen molar-refractivity contribution in [2.75, 3.05) is 46.8 Å². The molecule has 9 rings (SSSR count). The van der Waals surface area contributed by atoms with E-state index in [1.165, 1.54) is 43.2 Å². The van der Waals surface area contributed by atoms with Gasteiger partial charge in [0.25, 0.3) is 0 Å². The number of hydrogen-bond acceptors (Lipinski definition) is 23. The van der Waals surface area contributed by atoms with Gasteiger partial charge >= 0.3 is 17.9 Å². The predicted molar refractivity (Wildman–Crippen MR) is 487 cm³/mol. The number of aliphatic hydroxyl groups excluding tert-OH is 1. The molecule has 4 aliphatic rings. The quantitative estimate of drug-likeness (QED) is 0.0227. The van der Waals surface area contributed by atoms with Crippen LogP contribution in [0.3, 0.4) is 0 Å². The second-order valence-electron chi connectivity index (χ2n) is 35.0. The Labute approximate surface area is 791 Å². The third-order valence-corrected chi connectivity index (χ3v) is 24.8. The maximum atomic E-state index is 15.9. The van der Waals surface area contributed by atoms with Gasteiger partial charge in [-0.3, -0.25) is 101 Å². The lowest BCUT2D eigenvalue weighted by Crippen LogP contribution is -2.62. The minimum absolute atomic E-state index is 0.0738. The van der Waals surface area contributed by atoms with Crippen molar-refractivity contribution in [3.63, 3.8) is 0 Å². The number of aromatic nitrogens is 2. The number of carboxylic acid groups (broad SMARTS) is 3. The first-order valence-electron chi connectivity index (χ1n) is 45.8. The van der Waals surface area contributed by atoms with Gasteiger partial charge in [-0.1, -0.05) is 88.1 Å². The molecule has 0 saturated carbocycles. The molecule has 138 heavy (non-hydrogen) atoms. The van der Waals surface area contributed by atoms with Gasteiger partial charge in [-0.15, -0.1) is 0 Å². The molecule has 4 fully saturated rings. The molecule has 23 N–H and O–H groups in total. The zero-order valence-corrected chi connectivity index (χ0v) is 77.0. The van der Waals surface area contributed by atoms with Crippen molar-refractivity contribution >= 4 is 146 Å². The fraction of sp³-hybridized carbons (Fsp3) is 0.527. The number of carbonyl (C=O) groups is 21. The van der Waals surface area contributed by atoms with E-state index in [-0.39, 0.29) is 82.0 Å². The van der Waals surface area contributed by atoms with Gasteiger partial charge < -0.3 is 131 Å². The molecule has 0 spiro atoms. The summed E-state index contributed by atoms with van der Waals surface area (Å²) in [6, 6.07) is -6.65. The van der Waals surface area contributed by atoms with Crippen molar-refractivity contribution < 1.29 is 126 Å². The van der Waals surface area contributed by atoms with Crippen molar-refractivity contribution in [2.45, 2.75) is 259 Å². The molecule has 6 heterocycles. The summed E-state index contributed by atoms with van der Waals surface area (Å²) in [6.45, 7) is 0.429. The molecule has 748 valence electrons. The van der Waals surface area contributed by atoms with Gasteiger partial charge in [0, 0.05) is 119 Å². The van der Waals surface area contributed by atoms with Crippen LogP contribution in [0.2, 0.25) is 0 Å². The molecule has 0 bridgehead atoms. The van der Waals surface area contributed by atoms with Crippen LogP contribution in [0.4, 0.5) is 4.39 Å². The molecule has 18 amide bonds. The highest BCUT2D eigenvalue weighted by molar-refractivity contribution is 6.03. The summed E-state index contributed by atoms with van der Waals surface area (Å²) in [5.41, 5.74) is 24.7. The zero-order chi connectivity index (χ0) is 101. The number of carbonyl (C=O) groups excluding carboxylic acids is 18. The number of nitrogens with zero attached hydrogens (tertiary/aromatic N) is 6. The predicted octanol–water partition coefficient (Wildman–Crippen LogP) is -4.06. The number of benzene rings is 3. The summed E-state index contributed by atoms with van der Waals surface area (Å²) < 4.78 is 15.8. The van der Waals surface area contributed by atoms with Crippen LogP contribution in [-0.4, -0.2) is 316 Å². The third-order valence-electron chi connectivity index (χ3n) is 24.8. The minimum Gasteiger partial charge on any atom is -0.481 e. The Kier molecular flexibility index (Phi) is 39.1. The molecular weight excluding hydrogens is 1810 g/mol. The third kappa shape index (κ3) is 29.5. The first-order chi connectivity index (χ1) is 65.6. The minimum atomic E-state index is -2.08. The van der Waals surface area contributed by atoms with Gasteiger partial charge in [-0.05, 0) is 105 Å². The topological polar surface area (TPSA) is 701 Å². The zero-order valence-electron chi connectivity index (χ0n) is 77.0. The number of primary amides is 4. The largest absolute Gasteiger partial charge is 0.481 e. The van der Waals surface area contributed by atoms with E-state index in [1.54, 1.807) is 62.4 Å². The van der Waals surface area contributed by atoms with E-state index in [2.05, 4.69) is 58.2 Å². The van der Waals surface area contributed by atoms with Crippen LogP contribution < -0.4 is 76.1 Å². The van der Waals surface area contributed by atoms with Crippen molar-refractivity contribution in [3.05, 3.63) is 108 Å². The van der Waals surface area contributed by atoms with Crippen molar-refractivity contribution in [2.24, 2.45) is 22.9 Å². The number of aliphatic carboxylic acids is 3. The van der Waals surface area contributed by atoms with Gasteiger partial charge in [0.05, 0.1) is 25.5 Å². The second kappa shape index (κ2) is 50.3. The Balaban J connectivity index is 1.12. The Bertz CT molecular complexity index is 5360. The summed E-state index contributed by atoms with van der Waals surface area (Å²) >= 11 is 0. The monoisotopic (exact) mass is 1930 g/mol. The Morgan fingerprint density at radius 1 is 0.449 bits per heavy atom. The van der Waals surface area contributed by atoms with Gasteiger partial charge in [0.1, 0.15) is 96.9 Å². The molecule has 5 aromatic rings. The van der Waals surface area contributed by atoms with Crippen LogP contribution in [0.25, 0.3) is 21.8 Å². The number of para-hydroxylation sites is 2. The van der Waals surface area contributed by atoms with Gasteiger partial charge in [-0.2, -0.15) is 0 Å². The highest BCUT2D eigenvalue weighted by Gasteiger charge is 2.48. The van der Waals surface area contributed by atoms with E-state index < -0.39 is 318 Å². The number of aromatic amines is 1. The number of amides is 18. The van der Waals surface area contributed by atoms with E-state index in [9.17, 15) is 87.1 Å². The first kappa shape index (κ1) is 107. The number of aliphatic hydroxyl groups is 1. The van der Waals surface area contributed by atoms with Crippen LogP contribution in [0.15, 0.2) is 85.2 Å². The number of unbranched alkanes of at least 4 members (excludes halogenated alkanes) is 2. The summed E-state index contributed by atoms with van der Waals surface area (Å²) in [7, 11) is 2.45. The van der Waals surface area contributed by atoms with Crippen molar-refractivity contribution in [1.82, 2.24) is 87.2 Å². The van der Waals surface area contributed by atoms with Crippen LogP contribution in [-0.2, 0) is 126 Å². The van der Waals surface area contributed by atoms with E-state index >= 15 is 38.4 Å². The standard InChI is InChI=1S/C91H122FN21O25/c1-5-7-19-66-83(130)100-57(29-32-75(119)120)80(127)107-64(78(96)125)43-97-44-74(118)99-61(36-48-24-26-51(92)27-25-48)89(136)111-34-14-13-22-67(111)85(132)106-63(41-73(95)117)90(137)112-35-15-23-68(112)84(131)101-56(28-31-71(93)115)79(126)102-58(30-33-76(121)122)88(135)113-46-52(114)39-70(113)86(133)104-59(37-49-42-98-55-18-11-9-16-53(49)55)81(128)103-60(40-72(94)116)82(129)105-62(87(134)109(4)69(20-8-6-2)91(138)108(66)3)38-50-45-110(47-77(123)124)65-21-12-10-17-54(50)65/h9-12,16-18,21,24-27,42,45,52,56-64,66-70,97-98,114H,5-8,13-15,19-20,22-23,28-41,43-44,46-47H2,1-4H3,(H2,93,115)(H2,94,116)(H2,95,117)(H2,96,125)(H,99,118)(H,100,130)(H,101,131)(H,102,126)(H,103,128)(H,104,133)(H,105,129)(H,106,132)(H,107,127)(H,119,120)(H,121,122)(H,123,124)/t52-,56+,57+,58+,59+,60+,61+,62+,63+,64+,66+,67+,68?,69+,70+/m1/s1. The fourth-order valence-corrected chi connectivity index (χ4v) is 17.6. The molecule has 47 heteroatoms. The normalized spacial score (nSPS) is 24.9. The number of halogens is 1. The molecule has 3 aromatic carbocycles. The average Bonchev–Trinajstić information content (AvgIpc) is 1.68. The number of rotatable bonds is 28. The number of fused-ring (bicyclic) bond motifs is 5. The van der Waals surface area contributed by atoms with E-state index in [4.69, 9.17) is 22.9 Å². The maximum absolute atomic E-state index is 15.9. The molecule has 1 unspecified atom stereocenters. The van der Waals surface area contributed by atoms with Crippen molar-refractivity contribution in [3.8, 4) is 0 Å². The van der Waals surface area contributed by atoms with Crippen LogP contribution >= 0.6 is 0 Å². The average molecular weight is 1930 g/mol. The Morgan fingerprint density at radius 3 is 1.57 bits per heavy atom. The van der Waals surface area contributed by atoms with Gasteiger partial charge in [-0.25, -0.2) is 4.39 Å².